The lowest BCUT2D eigenvalue weighted by molar-refractivity contribution is 0.248. The minimum absolute atomic E-state index is 0.360. The molecule has 0 aliphatic rings. The quantitative estimate of drug-likeness (QED) is 0.847. The first-order valence-corrected chi connectivity index (χ1v) is 7.05. The van der Waals surface area contributed by atoms with Crippen molar-refractivity contribution in [1.82, 2.24) is 10.5 Å². The molecular weight excluding hydrogens is 276 g/mol. The molecule has 0 fully saturated rings. The van der Waals surface area contributed by atoms with Crippen molar-refractivity contribution in [3.8, 4) is 5.75 Å². The van der Waals surface area contributed by atoms with Crippen molar-refractivity contribution >= 4 is 11.6 Å². The van der Waals surface area contributed by atoms with Crippen molar-refractivity contribution in [3.05, 3.63) is 46.8 Å². The predicted molar refractivity (Wildman–Crippen MR) is 78.8 cm³/mol. The van der Waals surface area contributed by atoms with Crippen LogP contribution in [-0.2, 0) is 13.2 Å². The van der Waals surface area contributed by atoms with E-state index in [2.05, 4.69) is 24.3 Å². The van der Waals surface area contributed by atoms with Crippen LogP contribution in [0, 0.1) is 5.92 Å². The van der Waals surface area contributed by atoms with E-state index in [0.29, 0.717) is 29.9 Å². The zero-order valence-electron chi connectivity index (χ0n) is 11.7. The van der Waals surface area contributed by atoms with Gasteiger partial charge < -0.3 is 14.6 Å². The highest BCUT2D eigenvalue weighted by Crippen LogP contribution is 2.17. The Bertz CT molecular complexity index is 523. The Morgan fingerprint density at radius 3 is 2.75 bits per heavy atom. The maximum Gasteiger partial charge on any atom is 0.174 e. The van der Waals surface area contributed by atoms with Crippen LogP contribution >= 0.6 is 11.6 Å². The van der Waals surface area contributed by atoms with Crippen molar-refractivity contribution in [2.24, 2.45) is 5.92 Å². The van der Waals surface area contributed by atoms with Crippen molar-refractivity contribution in [1.29, 1.82) is 0 Å². The minimum Gasteiger partial charge on any atom is -0.486 e. The number of nitrogens with one attached hydrogen (secondary N) is 1. The lowest BCUT2D eigenvalue weighted by Crippen LogP contribution is -2.19. The summed E-state index contributed by atoms with van der Waals surface area (Å²) in [4.78, 5) is 0. The molecule has 20 heavy (non-hydrogen) atoms. The van der Waals surface area contributed by atoms with Gasteiger partial charge in [0.1, 0.15) is 12.4 Å². The number of benzene rings is 1. The molecule has 1 N–H and O–H groups in total. The van der Waals surface area contributed by atoms with Crippen LogP contribution < -0.4 is 10.1 Å². The van der Waals surface area contributed by atoms with E-state index in [0.717, 1.165) is 18.0 Å². The molecular formula is C15H19ClN2O2. The third-order valence-electron chi connectivity index (χ3n) is 2.66. The molecule has 4 nitrogen and oxygen atoms in total. The van der Waals surface area contributed by atoms with Gasteiger partial charge >= 0.3 is 0 Å². The smallest absolute Gasteiger partial charge is 0.174 e. The van der Waals surface area contributed by atoms with E-state index >= 15 is 0 Å². The van der Waals surface area contributed by atoms with Crippen LogP contribution in [0.5, 0.6) is 5.75 Å². The summed E-state index contributed by atoms with van der Waals surface area (Å²) in [5.74, 6) is 2.08. The van der Waals surface area contributed by atoms with Crippen molar-refractivity contribution in [3.63, 3.8) is 0 Å². The molecule has 0 saturated carbocycles. The second kappa shape index (κ2) is 7.31. The van der Waals surface area contributed by atoms with E-state index < -0.39 is 0 Å². The molecule has 2 aromatic rings. The van der Waals surface area contributed by atoms with Crippen LogP contribution in [0.3, 0.4) is 0 Å². The minimum atomic E-state index is 0.360. The highest BCUT2D eigenvalue weighted by atomic mass is 35.5. The Kier molecular flexibility index (Phi) is 5.44. The first-order valence-electron chi connectivity index (χ1n) is 6.67. The molecule has 0 aliphatic heterocycles. The predicted octanol–water partition coefficient (Wildman–Crippen LogP) is 3.65. The number of halogens is 1. The molecule has 1 aromatic heterocycles. The van der Waals surface area contributed by atoms with Gasteiger partial charge in [-0.1, -0.05) is 30.6 Å². The van der Waals surface area contributed by atoms with Gasteiger partial charge in [-0.15, -0.1) is 0 Å². The van der Waals surface area contributed by atoms with Crippen LogP contribution in [0.1, 0.15) is 25.3 Å². The highest BCUT2D eigenvalue weighted by molar-refractivity contribution is 6.30. The summed E-state index contributed by atoms with van der Waals surface area (Å²) in [6.45, 7) is 6.37. The topological polar surface area (TPSA) is 47.3 Å². The average Bonchev–Trinajstić information content (AvgIpc) is 2.86. The normalized spacial score (nSPS) is 11.0. The fourth-order valence-electron chi connectivity index (χ4n) is 1.68. The number of rotatable bonds is 7. The summed E-state index contributed by atoms with van der Waals surface area (Å²) >= 11 is 5.81. The van der Waals surface area contributed by atoms with E-state index in [1.54, 1.807) is 12.1 Å². The first kappa shape index (κ1) is 14.9. The van der Waals surface area contributed by atoms with E-state index in [1.165, 1.54) is 0 Å². The molecule has 1 heterocycles. The van der Waals surface area contributed by atoms with Gasteiger partial charge in [0.2, 0.25) is 0 Å². The molecule has 0 bridgehead atoms. The van der Waals surface area contributed by atoms with Crippen molar-refractivity contribution in [2.75, 3.05) is 6.54 Å². The summed E-state index contributed by atoms with van der Waals surface area (Å²) in [6.07, 6.45) is 0. The van der Waals surface area contributed by atoms with Crippen molar-refractivity contribution < 1.29 is 9.26 Å². The second-order valence-corrected chi connectivity index (χ2v) is 5.49. The van der Waals surface area contributed by atoms with Gasteiger partial charge in [0.25, 0.3) is 0 Å². The lowest BCUT2D eigenvalue weighted by Gasteiger charge is -2.04. The fraction of sp³-hybridized carbons (Fsp3) is 0.400. The number of nitrogens with zero attached hydrogens (tertiary/aromatic N) is 1. The van der Waals surface area contributed by atoms with Gasteiger partial charge in [0.15, 0.2) is 5.76 Å². The monoisotopic (exact) mass is 294 g/mol. The van der Waals surface area contributed by atoms with E-state index in [-0.39, 0.29) is 0 Å². The Morgan fingerprint density at radius 2 is 2.05 bits per heavy atom. The van der Waals surface area contributed by atoms with Crippen molar-refractivity contribution in [2.45, 2.75) is 27.0 Å². The SMILES string of the molecule is CC(C)CNCc1cc(COc2ccc(Cl)cc2)on1. The van der Waals surface area contributed by atoms with Gasteiger partial charge in [-0.05, 0) is 36.7 Å². The fourth-order valence-corrected chi connectivity index (χ4v) is 1.81. The molecule has 0 radical (unpaired) electrons. The Morgan fingerprint density at radius 1 is 1.30 bits per heavy atom. The molecule has 5 heteroatoms. The molecule has 0 amide bonds. The molecule has 0 atom stereocenters. The number of aromatic nitrogens is 1. The second-order valence-electron chi connectivity index (χ2n) is 5.05. The number of ether oxygens (including phenoxy) is 1. The summed E-state index contributed by atoms with van der Waals surface area (Å²) in [5.41, 5.74) is 0.889. The Balaban J connectivity index is 1.79. The summed E-state index contributed by atoms with van der Waals surface area (Å²) in [5, 5.41) is 8.01. The first-order chi connectivity index (χ1) is 9.63. The van der Waals surface area contributed by atoms with Crippen LogP contribution in [0.4, 0.5) is 0 Å². The Hall–Kier alpha value is -1.52. The molecule has 0 spiro atoms. The zero-order valence-corrected chi connectivity index (χ0v) is 12.5. The zero-order chi connectivity index (χ0) is 14.4. The van der Waals surface area contributed by atoms with E-state index in [9.17, 15) is 0 Å². The van der Waals surface area contributed by atoms with E-state index in [1.807, 2.05) is 18.2 Å². The molecule has 0 saturated heterocycles. The van der Waals surface area contributed by atoms with Crippen LogP contribution in [-0.4, -0.2) is 11.7 Å². The maximum atomic E-state index is 5.81. The number of hydrogen-bond donors (Lipinski definition) is 1. The van der Waals surface area contributed by atoms with Crippen LogP contribution in [0.25, 0.3) is 0 Å². The summed E-state index contributed by atoms with van der Waals surface area (Å²) in [7, 11) is 0. The molecule has 0 aliphatic carbocycles. The largest absolute Gasteiger partial charge is 0.486 e. The van der Waals surface area contributed by atoms with Gasteiger partial charge in [-0.2, -0.15) is 0 Å². The third-order valence-corrected chi connectivity index (χ3v) is 2.91. The van der Waals surface area contributed by atoms with E-state index in [4.69, 9.17) is 20.9 Å². The van der Waals surface area contributed by atoms with Gasteiger partial charge in [-0.25, -0.2) is 0 Å². The molecule has 2 rings (SSSR count). The maximum absolute atomic E-state index is 5.81. The summed E-state index contributed by atoms with van der Waals surface area (Å²) in [6, 6.07) is 9.13. The highest BCUT2D eigenvalue weighted by Gasteiger charge is 2.05. The van der Waals surface area contributed by atoms with Gasteiger partial charge in [-0.3, -0.25) is 0 Å². The lowest BCUT2D eigenvalue weighted by atomic mass is 10.2. The molecule has 1 aromatic carbocycles. The molecule has 108 valence electrons. The van der Waals surface area contributed by atoms with Gasteiger partial charge in [0.05, 0.1) is 5.69 Å². The third kappa shape index (κ3) is 4.87. The van der Waals surface area contributed by atoms with Crippen LogP contribution in [0.15, 0.2) is 34.9 Å². The number of hydrogen-bond acceptors (Lipinski definition) is 4. The molecule has 0 unspecified atom stereocenters. The Labute approximate surface area is 124 Å². The standard InChI is InChI=1S/C15H19ClN2O2/c1-11(2)8-17-9-13-7-15(20-18-13)10-19-14-5-3-12(16)4-6-14/h3-7,11,17H,8-10H2,1-2H3. The van der Waals surface area contributed by atoms with Crippen LogP contribution in [0.2, 0.25) is 5.02 Å². The summed E-state index contributed by atoms with van der Waals surface area (Å²) < 4.78 is 10.8. The van der Waals surface area contributed by atoms with Gasteiger partial charge in [0, 0.05) is 17.6 Å². The average molecular weight is 295 g/mol.